The lowest BCUT2D eigenvalue weighted by Crippen LogP contribution is -2.42. The molecule has 0 radical (unpaired) electrons. The highest BCUT2D eigenvalue weighted by Crippen LogP contribution is 2.08. The average molecular weight is 428 g/mol. The first-order chi connectivity index (χ1) is 15.1. The van der Waals surface area contributed by atoms with Crippen LogP contribution in [0.3, 0.4) is 0 Å². The molecule has 2 rings (SSSR count). The van der Waals surface area contributed by atoms with Crippen molar-refractivity contribution >= 4 is 18.1 Å². The summed E-state index contributed by atoms with van der Waals surface area (Å²) in [6, 6.07) is 17.5. The molecule has 0 aromatic heterocycles. The summed E-state index contributed by atoms with van der Waals surface area (Å²) in [5.74, 6) is -0.528. The van der Waals surface area contributed by atoms with Crippen LogP contribution in [0.25, 0.3) is 0 Å². The van der Waals surface area contributed by atoms with Gasteiger partial charge < -0.3 is 25.4 Å². The average Bonchev–Trinajstić information content (AvgIpc) is 2.81. The highest BCUT2D eigenvalue weighted by Gasteiger charge is 2.23. The molecule has 0 saturated carbocycles. The Hall–Kier alpha value is -3.55. The molecule has 2 aromatic carbocycles. The molecule has 0 aliphatic heterocycles. The fraction of sp³-hybridized carbons (Fsp3) is 0.348. The third-order valence-electron chi connectivity index (χ3n) is 4.45. The number of amides is 3. The van der Waals surface area contributed by atoms with E-state index in [-0.39, 0.29) is 19.2 Å². The van der Waals surface area contributed by atoms with E-state index >= 15 is 0 Å². The second-order valence-electron chi connectivity index (χ2n) is 6.85. The zero-order valence-corrected chi connectivity index (χ0v) is 17.6. The predicted octanol–water partition coefficient (Wildman–Crippen LogP) is 3.12. The number of unbranched alkanes of at least 4 members (excludes halogenated alkanes) is 1. The minimum absolute atomic E-state index is 0.106. The van der Waals surface area contributed by atoms with Gasteiger partial charge in [0.15, 0.2) is 0 Å². The number of esters is 1. The number of hydrogen-bond acceptors (Lipinski definition) is 5. The number of benzene rings is 2. The van der Waals surface area contributed by atoms with Crippen LogP contribution in [-0.2, 0) is 27.5 Å². The standard InChI is InChI=1S/C23H29N3O5/c1-24-22(28)25-15-9-8-14-20(21(27)30-16-18-10-4-2-5-11-18)26-23(29)31-17-19-12-6-3-7-13-19/h2-7,10-13,20H,8-9,14-17H2,1H3,(H,26,29)(H2,24,25,28). The molecular formula is C23H29N3O5. The van der Waals surface area contributed by atoms with E-state index in [1.807, 2.05) is 60.7 Å². The fourth-order valence-corrected chi connectivity index (χ4v) is 2.75. The van der Waals surface area contributed by atoms with Crippen molar-refractivity contribution in [3.8, 4) is 0 Å². The largest absolute Gasteiger partial charge is 0.459 e. The van der Waals surface area contributed by atoms with E-state index in [0.717, 1.165) is 11.1 Å². The summed E-state index contributed by atoms with van der Waals surface area (Å²) in [6.45, 7) is 0.688. The lowest BCUT2D eigenvalue weighted by atomic mass is 10.1. The van der Waals surface area contributed by atoms with Crippen molar-refractivity contribution < 1.29 is 23.9 Å². The van der Waals surface area contributed by atoms with Gasteiger partial charge >= 0.3 is 18.1 Å². The van der Waals surface area contributed by atoms with Gasteiger partial charge in [-0.2, -0.15) is 0 Å². The van der Waals surface area contributed by atoms with E-state index in [9.17, 15) is 14.4 Å². The van der Waals surface area contributed by atoms with E-state index in [1.165, 1.54) is 0 Å². The van der Waals surface area contributed by atoms with Gasteiger partial charge in [-0.1, -0.05) is 60.7 Å². The zero-order chi connectivity index (χ0) is 22.3. The molecule has 166 valence electrons. The highest BCUT2D eigenvalue weighted by molar-refractivity contribution is 5.81. The SMILES string of the molecule is CNC(=O)NCCCCC(NC(=O)OCc1ccccc1)C(=O)OCc1ccccc1. The molecule has 8 heteroatoms. The molecule has 0 fully saturated rings. The van der Waals surface area contributed by atoms with Crippen molar-refractivity contribution in [1.29, 1.82) is 0 Å². The lowest BCUT2D eigenvalue weighted by Gasteiger charge is -2.18. The van der Waals surface area contributed by atoms with E-state index in [4.69, 9.17) is 9.47 Å². The Morgan fingerprint density at radius 2 is 1.42 bits per heavy atom. The number of carbonyl (C=O) groups excluding carboxylic acids is 3. The number of rotatable bonds is 11. The quantitative estimate of drug-likeness (QED) is 0.377. The van der Waals surface area contributed by atoms with Crippen LogP contribution in [0.2, 0.25) is 0 Å². The molecule has 3 amide bonds. The zero-order valence-electron chi connectivity index (χ0n) is 17.6. The van der Waals surface area contributed by atoms with Gasteiger partial charge in [0.2, 0.25) is 0 Å². The topological polar surface area (TPSA) is 106 Å². The van der Waals surface area contributed by atoms with Crippen LogP contribution in [0.1, 0.15) is 30.4 Å². The molecule has 1 unspecified atom stereocenters. The van der Waals surface area contributed by atoms with Gasteiger partial charge in [-0.05, 0) is 30.4 Å². The number of alkyl carbamates (subject to hydrolysis) is 1. The summed E-state index contributed by atoms with van der Waals surface area (Å²) in [4.78, 5) is 36.0. The van der Waals surface area contributed by atoms with Crippen LogP contribution in [-0.4, -0.2) is 37.7 Å². The van der Waals surface area contributed by atoms with Crippen LogP contribution in [0.5, 0.6) is 0 Å². The van der Waals surface area contributed by atoms with Gasteiger partial charge in [-0.3, -0.25) is 0 Å². The first kappa shape index (κ1) is 23.7. The number of hydrogen-bond donors (Lipinski definition) is 3. The van der Waals surface area contributed by atoms with Gasteiger partial charge in [0.1, 0.15) is 19.3 Å². The summed E-state index contributed by atoms with van der Waals surface area (Å²) in [6.07, 6.45) is 0.933. The van der Waals surface area contributed by atoms with Crippen LogP contribution < -0.4 is 16.0 Å². The monoisotopic (exact) mass is 427 g/mol. The van der Waals surface area contributed by atoms with E-state index in [1.54, 1.807) is 7.05 Å². The summed E-state index contributed by atoms with van der Waals surface area (Å²) >= 11 is 0. The Morgan fingerprint density at radius 3 is 2.00 bits per heavy atom. The van der Waals surface area contributed by atoms with Gasteiger partial charge in [-0.25, -0.2) is 14.4 Å². The molecule has 8 nitrogen and oxygen atoms in total. The molecule has 3 N–H and O–H groups in total. The predicted molar refractivity (Wildman–Crippen MR) is 116 cm³/mol. The minimum Gasteiger partial charge on any atom is -0.459 e. The molecule has 1 atom stereocenters. The normalized spacial score (nSPS) is 11.1. The fourth-order valence-electron chi connectivity index (χ4n) is 2.75. The third-order valence-corrected chi connectivity index (χ3v) is 4.45. The Labute approximate surface area is 182 Å². The van der Waals surface area contributed by atoms with Crippen LogP contribution >= 0.6 is 0 Å². The van der Waals surface area contributed by atoms with Gasteiger partial charge in [0.25, 0.3) is 0 Å². The van der Waals surface area contributed by atoms with Crippen molar-refractivity contribution in [1.82, 2.24) is 16.0 Å². The molecule has 0 bridgehead atoms. The summed E-state index contributed by atoms with van der Waals surface area (Å²) in [7, 11) is 1.54. The molecule has 2 aromatic rings. The first-order valence-electron chi connectivity index (χ1n) is 10.2. The molecule has 0 heterocycles. The maximum Gasteiger partial charge on any atom is 0.408 e. The lowest BCUT2D eigenvalue weighted by molar-refractivity contribution is -0.147. The number of carbonyl (C=O) groups is 3. The number of ether oxygens (including phenoxy) is 2. The van der Waals surface area contributed by atoms with E-state index < -0.39 is 18.1 Å². The van der Waals surface area contributed by atoms with E-state index in [2.05, 4.69) is 16.0 Å². The second-order valence-corrected chi connectivity index (χ2v) is 6.85. The molecule has 0 saturated heterocycles. The Kier molecular flexibility index (Phi) is 10.4. The summed E-state index contributed by atoms with van der Waals surface area (Å²) in [5, 5.41) is 7.75. The van der Waals surface area contributed by atoms with Crippen LogP contribution in [0.15, 0.2) is 60.7 Å². The van der Waals surface area contributed by atoms with Crippen LogP contribution in [0, 0.1) is 0 Å². The van der Waals surface area contributed by atoms with Crippen molar-refractivity contribution in [2.75, 3.05) is 13.6 Å². The molecular weight excluding hydrogens is 398 g/mol. The summed E-state index contributed by atoms with van der Waals surface area (Å²) in [5.41, 5.74) is 1.71. The maximum atomic E-state index is 12.6. The summed E-state index contributed by atoms with van der Waals surface area (Å²) < 4.78 is 10.6. The smallest absolute Gasteiger partial charge is 0.408 e. The first-order valence-corrected chi connectivity index (χ1v) is 10.2. The molecule has 0 aliphatic rings. The third kappa shape index (κ3) is 9.66. The minimum atomic E-state index is -0.841. The number of nitrogens with one attached hydrogen (secondary N) is 3. The van der Waals surface area contributed by atoms with Crippen LogP contribution in [0.4, 0.5) is 9.59 Å². The van der Waals surface area contributed by atoms with Gasteiger partial charge in [0, 0.05) is 13.6 Å². The Morgan fingerprint density at radius 1 is 0.839 bits per heavy atom. The van der Waals surface area contributed by atoms with Crippen molar-refractivity contribution in [3.63, 3.8) is 0 Å². The molecule has 31 heavy (non-hydrogen) atoms. The Balaban J connectivity index is 1.84. The van der Waals surface area contributed by atoms with Crippen molar-refractivity contribution in [3.05, 3.63) is 71.8 Å². The number of urea groups is 1. The van der Waals surface area contributed by atoms with Crippen molar-refractivity contribution in [2.45, 2.75) is 38.5 Å². The Bertz CT molecular complexity index is 814. The van der Waals surface area contributed by atoms with E-state index in [0.29, 0.717) is 25.8 Å². The van der Waals surface area contributed by atoms with Crippen molar-refractivity contribution in [2.24, 2.45) is 0 Å². The van der Waals surface area contributed by atoms with Gasteiger partial charge in [0.05, 0.1) is 0 Å². The highest BCUT2D eigenvalue weighted by atomic mass is 16.6. The second kappa shape index (κ2) is 13.6. The van der Waals surface area contributed by atoms with Gasteiger partial charge in [-0.15, -0.1) is 0 Å². The molecule has 0 aliphatic carbocycles. The maximum absolute atomic E-state index is 12.6. The molecule has 0 spiro atoms.